The Bertz CT molecular complexity index is 1910. The Balaban J connectivity index is 5.23. The number of carbonyl (C=O) groups excluding carboxylic acids is 4. The van der Waals surface area contributed by atoms with Crippen LogP contribution in [0.4, 0.5) is 0 Å². The monoisotopic (exact) mass is 1360 g/mol. The van der Waals surface area contributed by atoms with Crippen molar-refractivity contribution in [3.63, 3.8) is 0 Å². The molecule has 0 aromatic heterocycles. The molecule has 3 unspecified atom stereocenters. The van der Waals surface area contributed by atoms with Gasteiger partial charge in [0, 0.05) is 25.7 Å². The first-order valence-corrected chi connectivity index (χ1v) is 40.7. The largest absolute Gasteiger partial charge is 0.472 e. The highest BCUT2D eigenvalue weighted by Gasteiger charge is 2.30. The van der Waals surface area contributed by atoms with Crippen molar-refractivity contribution in [1.82, 2.24) is 0 Å². The van der Waals surface area contributed by atoms with E-state index in [0.29, 0.717) is 37.5 Å². The molecule has 5 atom stereocenters. The van der Waals surface area contributed by atoms with Gasteiger partial charge in [-0.15, -0.1) is 0 Å². The minimum absolute atomic E-state index is 0.0848. The Morgan fingerprint density at radius 2 is 0.581 bits per heavy atom. The maximum atomic E-state index is 13.1. The van der Waals surface area contributed by atoms with Gasteiger partial charge in [0.1, 0.15) is 19.3 Å². The van der Waals surface area contributed by atoms with Crippen molar-refractivity contribution in [2.24, 2.45) is 17.8 Å². The van der Waals surface area contributed by atoms with Crippen molar-refractivity contribution in [2.45, 2.75) is 369 Å². The van der Waals surface area contributed by atoms with E-state index >= 15 is 0 Å². The molecule has 0 radical (unpaired) electrons. The van der Waals surface area contributed by atoms with E-state index in [0.717, 1.165) is 115 Å². The summed E-state index contributed by atoms with van der Waals surface area (Å²) in [5.74, 6) is 0.0241. The van der Waals surface area contributed by atoms with Crippen LogP contribution in [0.3, 0.4) is 0 Å². The quantitative estimate of drug-likeness (QED) is 0.0169. The summed E-state index contributed by atoms with van der Waals surface area (Å²) in [7, 11) is -9.92. The Labute approximate surface area is 567 Å². The van der Waals surface area contributed by atoms with E-state index < -0.39 is 97.5 Å². The van der Waals surface area contributed by atoms with Gasteiger partial charge in [-0.2, -0.15) is 0 Å². The van der Waals surface area contributed by atoms with Gasteiger partial charge in [0.2, 0.25) is 0 Å². The summed E-state index contributed by atoms with van der Waals surface area (Å²) in [6.45, 7) is 11.7. The minimum Gasteiger partial charge on any atom is -0.462 e. The Morgan fingerprint density at radius 3 is 0.871 bits per heavy atom. The smallest absolute Gasteiger partial charge is 0.462 e. The molecular weight excluding hydrogens is 1220 g/mol. The number of unbranched alkanes of at least 4 members (excludes halogenated alkanes) is 35. The van der Waals surface area contributed by atoms with Gasteiger partial charge in [-0.3, -0.25) is 37.3 Å². The highest BCUT2D eigenvalue weighted by atomic mass is 31.2. The van der Waals surface area contributed by atoms with Gasteiger partial charge in [0.25, 0.3) is 0 Å². The van der Waals surface area contributed by atoms with Gasteiger partial charge in [-0.1, -0.05) is 297 Å². The van der Waals surface area contributed by atoms with E-state index in [1.807, 2.05) is 0 Å². The van der Waals surface area contributed by atoms with Crippen LogP contribution in [0.25, 0.3) is 0 Å². The van der Waals surface area contributed by atoms with Gasteiger partial charge in [-0.25, -0.2) is 9.13 Å². The average molecular weight is 1360 g/mol. The van der Waals surface area contributed by atoms with Crippen LogP contribution in [0.5, 0.6) is 0 Å². The fraction of sp³-hybridized carbons (Fsp3) is 0.892. The van der Waals surface area contributed by atoms with E-state index in [-0.39, 0.29) is 25.7 Å². The van der Waals surface area contributed by atoms with Gasteiger partial charge < -0.3 is 33.8 Å². The normalized spacial score (nSPS) is 14.3. The second-order valence-corrected chi connectivity index (χ2v) is 30.3. The molecule has 0 fully saturated rings. The molecule has 0 aliphatic heterocycles. The topological polar surface area (TPSA) is 237 Å². The van der Waals surface area contributed by atoms with E-state index in [2.05, 4.69) is 72.8 Å². The number of carbonyl (C=O) groups is 4. The SMILES string of the molecule is CCCCCC/C=C\C=C/CCCCCCCC(=O)O[C@H](COC(=O)CCCCCCCCCCCCCCCCCCC(C)C)COP(=O)(O)OCC(O)COP(=O)(O)OC[C@@H](COC(=O)CCCCCCCCCC(C)C)OC(=O)CCCCCCCCC(C)C. The van der Waals surface area contributed by atoms with Crippen LogP contribution in [0, 0.1) is 17.8 Å². The summed E-state index contributed by atoms with van der Waals surface area (Å²) in [6.07, 6.45) is 52.5. The lowest BCUT2D eigenvalue weighted by Crippen LogP contribution is -2.30. The third kappa shape index (κ3) is 67.9. The van der Waals surface area contributed by atoms with Crippen LogP contribution in [0.1, 0.15) is 350 Å². The van der Waals surface area contributed by atoms with E-state index in [1.165, 1.54) is 141 Å². The first-order valence-electron chi connectivity index (χ1n) is 37.7. The first-order chi connectivity index (χ1) is 44.7. The molecule has 0 bridgehead atoms. The fourth-order valence-corrected chi connectivity index (χ4v) is 12.3. The van der Waals surface area contributed by atoms with Crippen molar-refractivity contribution in [1.29, 1.82) is 0 Å². The predicted molar refractivity (Wildman–Crippen MR) is 377 cm³/mol. The molecule has 93 heavy (non-hydrogen) atoms. The maximum absolute atomic E-state index is 13.1. The van der Waals surface area contributed by atoms with Gasteiger partial charge in [0.15, 0.2) is 12.2 Å². The molecule has 0 heterocycles. The van der Waals surface area contributed by atoms with Crippen molar-refractivity contribution in [3.05, 3.63) is 24.3 Å². The third-order valence-corrected chi connectivity index (χ3v) is 18.4. The van der Waals surface area contributed by atoms with Crippen molar-refractivity contribution >= 4 is 39.5 Å². The molecule has 19 heteroatoms. The molecule has 0 aromatic rings. The lowest BCUT2D eigenvalue weighted by molar-refractivity contribution is -0.161. The summed E-state index contributed by atoms with van der Waals surface area (Å²) < 4.78 is 68.3. The van der Waals surface area contributed by atoms with Crippen LogP contribution in [-0.4, -0.2) is 96.7 Å². The number of aliphatic hydroxyl groups excluding tert-OH is 1. The molecule has 548 valence electrons. The zero-order valence-corrected chi connectivity index (χ0v) is 62.0. The lowest BCUT2D eigenvalue weighted by atomic mass is 10.0. The molecule has 0 rings (SSSR count). The van der Waals surface area contributed by atoms with E-state index in [1.54, 1.807) is 0 Å². The van der Waals surface area contributed by atoms with Crippen molar-refractivity contribution < 1.29 is 80.2 Å². The molecule has 0 spiro atoms. The number of hydrogen-bond acceptors (Lipinski definition) is 15. The Hall–Kier alpha value is -2.46. The zero-order chi connectivity index (χ0) is 68.7. The van der Waals surface area contributed by atoms with Crippen molar-refractivity contribution in [3.8, 4) is 0 Å². The zero-order valence-electron chi connectivity index (χ0n) is 60.2. The highest BCUT2D eigenvalue weighted by molar-refractivity contribution is 7.47. The van der Waals surface area contributed by atoms with Crippen LogP contribution >= 0.6 is 15.6 Å². The molecule has 0 aromatic carbocycles. The minimum atomic E-state index is -4.96. The molecular formula is C74H140O17P2. The first kappa shape index (κ1) is 90.5. The van der Waals surface area contributed by atoms with Crippen LogP contribution in [0.15, 0.2) is 24.3 Å². The summed E-state index contributed by atoms with van der Waals surface area (Å²) >= 11 is 0. The second kappa shape index (κ2) is 64.2. The Morgan fingerprint density at radius 1 is 0.333 bits per heavy atom. The molecule has 0 aliphatic carbocycles. The third-order valence-electron chi connectivity index (χ3n) is 16.5. The number of hydrogen-bond donors (Lipinski definition) is 3. The van der Waals surface area contributed by atoms with Gasteiger partial charge in [0.05, 0.1) is 26.4 Å². The summed E-state index contributed by atoms with van der Waals surface area (Å²) in [5, 5.41) is 10.6. The van der Waals surface area contributed by atoms with Crippen LogP contribution < -0.4 is 0 Å². The summed E-state index contributed by atoms with van der Waals surface area (Å²) in [6, 6.07) is 0. The molecule has 3 N–H and O–H groups in total. The Kier molecular flexibility index (Phi) is 62.5. The number of rotatable bonds is 70. The predicted octanol–water partition coefficient (Wildman–Crippen LogP) is 21.0. The van der Waals surface area contributed by atoms with E-state index in [4.69, 9.17) is 37.0 Å². The summed E-state index contributed by atoms with van der Waals surface area (Å²) in [4.78, 5) is 72.6. The summed E-state index contributed by atoms with van der Waals surface area (Å²) in [5.41, 5.74) is 0. The average Bonchev–Trinajstić information content (AvgIpc) is 2.66. The molecule has 0 aliphatic rings. The van der Waals surface area contributed by atoms with Crippen LogP contribution in [-0.2, 0) is 65.4 Å². The molecule has 0 saturated heterocycles. The molecule has 0 saturated carbocycles. The van der Waals surface area contributed by atoms with Crippen molar-refractivity contribution in [2.75, 3.05) is 39.6 Å². The maximum Gasteiger partial charge on any atom is 0.472 e. The number of aliphatic hydroxyl groups is 1. The number of phosphoric acid groups is 2. The van der Waals surface area contributed by atoms with Gasteiger partial charge >= 0.3 is 39.5 Å². The standard InChI is InChI=1S/C74H140O17P2/c1-8-9-10-11-12-13-14-15-18-23-26-29-34-43-50-57-73(78)90-69(61-84-71(76)55-48-41-33-28-25-22-20-17-16-19-21-24-27-31-38-45-52-65(2)3)63-88-92(80,81)86-59-68(75)60-87-93(82,83)89-64-70(91-74(79)58-51-44-37-36-40-47-54-67(6)7)62-85-72(77)56-49-42-35-30-32-39-46-53-66(4)5/h13-15,18,65-70,75H,8-12,16-17,19-64H2,1-7H3,(H,80,81)(H,82,83)/b14-13-,18-15-/t68?,69-,70-/m1/s1. The number of ether oxygens (including phenoxy) is 4. The van der Waals surface area contributed by atoms with Crippen LogP contribution in [0.2, 0.25) is 0 Å². The van der Waals surface area contributed by atoms with E-state index in [9.17, 15) is 43.2 Å². The van der Waals surface area contributed by atoms with Gasteiger partial charge in [-0.05, 0) is 69.1 Å². The molecule has 0 amide bonds. The lowest BCUT2D eigenvalue weighted by Gasteiger charge is -2.21. The number of esters is 4. The molecule has 17 nitrogen and oxygen atoms in total. The second-order valence-electron chi connectivity index (χ2n) is 27.4. The number of allylic oxidation sites excluding steroid dienone is 4. The number of phosphoric ester groups is 2. The highest BCUT2D eigenvalue weighted by Crippen LogP contribution is 2.45. The fourth-order valence-electron chi connectivity index (χ4n) is 10.7.